The van der Waals surface area contributed by atoms with Crippen LogP contribution in [0.1, 0.15) is 31.4 Å². The van der Waals surface area contributed by atoms with Gasteiger partial charge >= 0.3 is 0 Å². The molecule has 2 saturated carbocycles. The van der Waals surface area contributed by atoms with Gasteiger partial charge in [0.15, 0.2) is 5.82 Å². The molecule has 2 bridgehead atoms. The maximum atomic E-state index is 4.75. The summed E-state index contributed by atoms with van der Waals surface area (Å²) >= 11 is 1.65. The van der Waals surface area contributed by atoms with Crippen molar-refractivity contribution < 1.29 is 0 Å². The first-order valence-electron chi connectivity index (χ1n) is 8.55. The molecule has 6 nitrogen and oxygen atoms in total. The third kappa shape index (κ3) is 2.43. The lowest BCUT2D eigenvalue weighted by Gasteiger charge is -2.23. The SMILES string of the molecule is Cc1cc(Nc2nc(N[C@H]3C[C@@H]4CC[C@@H]3C4)nc3ccsc23)[nH]n1. The Labute approximate surface area is 144 Å². The van der Waals surface area contributed by atoms with E-state index in [0.717, 1.165) is 45.3 Å². The van der Waals surface area contributed by atoms with Gasteiger partial charge in [-0.05, 0) is 49.5 Å². The summed E-state index contributed by atoms with van der Waals surface area (Å²) in [4.78, 5) is 9.47. The Morgan fingerprint density at radius 2 is 2.21 bits per heavy atom. The predicted molar refractivity (Wildman–Crippen MR) is 96.9 cm³/mol. The number of thiophene rings is 1. The highest BCUT2D eigenvalue weighted by Gasteiger charge is 2.39. The van der Waals surface area contributed by atoms with Crippen LogP contribution in [0, 0.1) is 18.8 Å². The van der Waals surface area contributed by atoms with Crippen LogP contribution in [0.15, 0.2) is 17.5 Å². The second-order valence-corrected chi connectivity index (χ2v) is 7.92. The van der Waals surface area contributed by atoms with Crippen molar-refractivity contribution in [3.63, 3.8) is 0 Å². The fraction of sp³-hybridized carbons (Fsp3) is 0.471. The van der Waals surface area contributed by atoms with Crippen LogP contribution in [0.5, 0.6) is 0 Å². The van der Waals surface area contributed by atoms with Gasteiger partial charge in [-0.1, -0.05) is 6.42 Å². The number of H-pyrrole nitrogens is 1. The molecule has 2 aliphatic rings. The molecule has 24 heavy (non-hydrogen) atoms. The summed E-state index contributed by atoms with van der Waals surface area (Å²) in [6, 6.07) is 4.56. The number of aromatic amines is 1. The molecule has 3 aromatic rings. The monoisotopic (exact) mass is 340 g/mol. The second-order valence-electron chi connectivity index (χ2n) is 7.00. The van der Waals surface area contributed by atoms with Gasteiger partial charge in [0.2, 0.25) is 5.95 Å². The van der Waals surface area contributed by atoms with Crippen LogP contribution >= 0.6 is 11.3 Å². The quantitative estimate of drug-likeness (QED) is 0.667. The van der Waals surface area contributed by atoms with E-state index >= 15 is 0 Å². The van der Waals surface area contributed by atoms with Crippen LogP contribution < -0.4 is 10.6 Å². The van der Waals surface area contributed by atoms with E-state index in [1.807, 2.05) is 13.0 Å². The van der Waals surface area contributed by atoms with E-state index in [-0.39, 0.29) is 0 Å². The van der Waals surface area contributed by atoms with E-state index in [9.17, 15) is 0 Å². The minimum absolute atomic E-state index is 0.530. The van der Waals surface area contributed by atoms with Crippen LogP contribution in [0.2, 0.25) is 0 Å². The number of aryl methyl sites for hydroxylation is 1. The summed E-state index contributed by atoms with van der Waals surface area (Å²) in [5.74, 6) is 4.12. The van der Waals surface area contributed by atoms with Crippen LogP contribution in [-0.4, -0.2) is 26.2 Å². The maximum absolute atomic E-state index is 4.75. The maximum Gasteiger partial charge on any atom is 0.225 e. The summed E-state index contributed by atoms with van der Waals surface area (Å²) in [6.07, 6.45) is 5.38. The Kier molecular flexibility index (Phi) is 3.22. The van der Waals surface area contributed by atoms with E-state index < -0.39 is 0 Å². The van der Waals surface area contributed by atoms with Gasteiger partial charge in [0, 0.05) is 12.1 Å². The molecule has 2 aliphatic carbocycles. The van der Waals surface area contributed by atoms with Crippen LogP contribution in [-0.2, 0) is 0 Å². The molecule has 2 fully saturated rings. The smallest absolute Gasteiger partial charge is 0.225 e. The Balaban J connectivity index is 1.46. The van der Waals surface area contributed by atoms with E-state index in [0.29, 0.717) is 6.04 Å². The first-order valence-corrected chi connectivity index (χ1v) is 9.43. The molecule has 124 valence electrons. The van der Waals surface area contributed by atoms with Gasteiger partial charge in [0.1, 0.15) is 5.82 Å². The summed E-state index contributed by atoms with van der Waals surface area (Å²) in [7, 11) is 0. The fourth-order valence-electron chi connectivity index (χ4n) is 4.21. The molecule has 5 rings (SSSR count). The normalized spacial score (nSPS) is 25.5. The number of aromatic nitrogens is 4. The van der Waals surface area contributed by atoms with Crippen molar-refractivity contribution in [3.05, 3.63) is 23.2 Å². The summed E-state index contributed by atoms with van der Waals surface area (Å²) in [6.45, 7) is 1.96. The zero-order valence-corrected chi connectivity index (χ0v) is 14.4. The second kappa shape index (κ2) is 5.44. The molecule has 0 saturated heterocycles. The number of anilines is 3. The number of hydrogen-bond donors (Lipinski definition) is 3. The van der Waals surface area contributed by atoms with Crippen molar-refractivity contribution in [2.45, 2.75) is 38.6 Å². The Morgan fingerprint density at radius 3 is 2.96 bits per heavy atom. The number of rotatable bonds is 4. The van der Waals surface area contributed by atoms with Gasteiger partial charge in [0.05, 0.1) is 15.9 Å². The van der Waals surface area contributed by atoms with Crippen molar-refractivity contribution in [1.29, 1.82) is 0 Å². The van der Waals surface area contributed by atoms with Gasteiger partial charge in [-0.3, -0.25) is 5.10 Å². The van der Waals surface area contributed by atoms with Crippen molar-refractivity contribution in [2.75, 3.05) is 10.6 Å². The molecule has 0 radical (unpaired) electrons. The van der Waals surface area contributed by atoms with E-state index in [1.54, 1.807) is 11.3 Å². The van der Waals surface area contributed by atoms with Gasteiger partial charge in [-0.15, -0.1) is 11.3 Å². The van der Waals surface area contributed by atoms with Crippen molar-refractivity contribution >= 4 is 39.1 Å². The Morgan fingerprint density at radius 1 is 1.25 bits per heavy atom. The summed E-state index contributed by atoms with van der Waals surface area (Å²) in [5.41, 5.74) is 1.94. The Bertz CT molecular complexity index is 884. The molecule has 3 atom stereocenters. The van der Waals surface area contributed by atoms with Gasteiger partial charge in [-0.2, -0.15) is 10.1 Å². The average Bonchev–Trinajstić information content (AvgIpc) is 3.31. The zero-order valence-electron chi connectivity index (χ0n) is 13.5. The van der Waals surface area contributed by atoms with Gasteiger partial charge in [0.25, 0.3) is 0 Å². The van der Waals surface area contributed by atoms with E-state index in [4.69, 9.17) is 9.97 Å². The molecular formula is C17H20N6S. The number of nitrogens with zero attached hydrogens (tertiary/aromatic N) is 3. The van der Waals surface area contributed by atoms with Crippen molar-refractivity contribution in [3.8, 4) is 0 Å². The Hall–Kier alpha value is -2.15. The molecule has 3 N–H and O–H groups in total. The molecule has 0 unspecified atom stereocenters. The topological polar surface area (TPSA) is 78.5 Å². The fourth-order valence-corrected chi connectivity index (χ4v) is 4.99. The molecule has 0 aliphatic heterocycles. The average molecular weight is 340 g/mol. The lowest BCUT2D eigenvalue weighted by molar-refractivity contribution is 0.438. The minimum Gasteiger partial charge on any atom is -0.351 e. The highest BCUT2D eigenvalue weighted by Crippen LogP contribution is 2.45. The van der Waals surface area contributed by atoms with Gasteiger partial charge in [-0.25, -0.2) is 4.98 Å². The standard InChI is InChI=1S/C17H20N6S/c1-9-6-14(23-22-9)20-16-15-12(4-5-24-15)18-17(21-16)19-13-8-10-2-3-11(13)7-10/h4-6,10-11,13H,2-3,7-8H2,1H3,(H3,18,19,20,21,22,23)/t10-,11-,13+/m1/s1. The van der Waals surface area contributed by atoms with Crippen LogP contribution in [0.4, 0.5) is 17.6 Å². The molecule has 0 amide bonds. The molecule has 7 heteroatoms. The first kappa shape index (κ1) is 14.2. The predicted octanol–water partition coefficient (Wildman–Crippen LogP) is 4.07. The first-order chi connectivity index (χ1) is 11.7. The third-order valence-electron chi connectivity index (χ3n) is 5.32. The molecule has 0 spiro atoms. The summed E-state index contributed by atoms with van der Waals surface area (Å²) in [5, 5.41) is 16.2. The van der Waals surface area contributed by atoms with E-state index in [1.165, 1.54) is 25.7 Å². The van der Waals surface area contributed by atoms with Crippen molar-refractivity contribution in [1.82, 2.24) is 20.2 Å². The zero-order chi connectivity index (χ0) is 16.1. The highest BCUT2D eigenvalue weighted by molar-refractivity contribution is 7.17. The minimum atomic E-state index is 0.530. The highest BCUT2D eigenvalue weighted by atomic mass is 32.1. The summed E-state index contributed by atoms with van der Waals surface area (Å²) < 4.78 is 1.07. The van der Waals surface area contributed by atoms with Crippen LogP contribution in [0.3, 0.4) is 0 Å². The molecule has 0 aromatic carbocycles. The number of hydrogen-bond acceptors (Lipinski definition) is 6. The molecular weight excluding hydrogens is 320 g/mol. The molecule has 3 aromatic heterocycles. The number of nitrogens with one attached hydrogen (secondary N) is 3. The largest absolute Gasteiger partial charge is 0.351 e. The molecule has 3 heterocycles. The van der Waals surface area contributed by atoms with E-state index in [2.05, 4.69) is 32.3 Å². The lowest BCUT2D eigenvalue weighted by Crippen LogP contribution is -2.27. The van der Waals surface area contributed by atoms with Crippen LogP contribution in [0.25, 0.3) is 10.2 Å². The van der Waals surface area contributed by atoms with Gasteiger partial charge < -0.3 is 10.6 Å². The third-order valence-corrected chi connectivity index (χ3v) is 6.23. The lowest BCUT2D eigenvalue weighted by atomic mass is 9.95. The number of fused-ring (bicyclic) bond motifs is 3. The van der Waals surface area contributed by atoms with Crippen molar-refractivity contribution in [2.24, 2.45) is 11.8 Å².